The van der Waals surface area contributed by atoms with Crippen LogP contribution in [0.25, 0.3) is 21.9 Å². The second-order valence-electron chi connectivity index (χ2n) is 6.23. The normalized spacial score (nSPS) is 12.0. The van der Waals surface area contributed by atoms with E-state index in [4.69, 9.17) is 16.3 Å². The SMILES string of the molecule is ClCC(Oc1cccc2cc(-c3ccccc3)ccc12)c1ccccc1. The third-order valence-electron chi connectivity index (χ3n) is 4.53. The first-order chi connectivity index (χ1) is 12.8. The van der Waals surface area contributed by atoms with Crippen molar-refractivity contribution in [2.24, 2.45) is 0 Å². The molecule has 0 fully saturated rings. The molecule has 0 aliphatic rings. The Labute approximate surface area is 158 Å². The minimum absolute atomic E-state index is 0.169. The predicted molar refractivity (Wildman–Crippen MR) is 110 cm³/mol. The monoisotopic (exact) mass is 358 g/mol. The summed E-state index contributed by atoms with van der Waals surface area (Å²) in [5.41, 5.74) is 3.50. The fourth-order valence-electron chi connectivity index (χ4n) is 3.18. The maximum absolute atomic E-state index is 6.28. The van der Waals surface area contributed by atoms with Gasteiger partial charge < -0.3 is 4.74 Å². The molecular formula is C24H19ClO. The number of ether oxygens (including phenoxy) is 1. The van der Waals surface area contributed by atoms with Crippen molar-refractivity contribution < 1.29 is 4.74 Å². The quantitative estimate of drug-likeness (QED) is 0.354. The molecule has 4 aromatic carbocycles. The lowest BCUT2D eigenvalue weighted by atomic mass is 10.0. The standard InChI is InChI=1S/C24H19ClO/c25-17-24(19-10-5-2-6-11-19)26-23-13-7-12-21-16-20(14-15-22(21)23)18-8-3-1-4-9-18/h1-16,24H,17H2. The largest absolute Gasteiger partial charge is 0.484 e. The molecule has 2 heteroatoms. The van der Waals surface area contributed by atoms with Crippen molar-refractivity contribution in [1.82, 2.24) is 0 Å². The Morgan fingerprint density at radius 3 is 2.15 bits per heavy atom. The van der Waals surface area contributed by atoms with Crippen LogP contribution in [0.5, 0.6) is 5.75 Å². The van der Waals surface area contributed by atoms with Crippen molar-refractivity contribution in [3.05, 3.63) is 103 Å². The summed E-state index contributed by atoms with van der Waals surface area (Å²) in [5.74, 6) is 1.26. The van der Waals surface area contributed by atoms with Crippen LogP contribution in [0.15, 0.2) is 97.1 Å². The molecule has 0 heterocycles. The predicted octanol–water partition coefficient (Wildman–Crippen LogP) is 6.87. The molecule has 0 spiro atoms. The van der Waals surface area contributed by atoms with Gasteiger partial charge in [-0.25, -0.2) is 0 Å². The molecule has 1 unspecified atom stereocenters. The molecule has 0 aliphatic heterocycles. The zero-order valence-corrected chi connectivity index (χ0v) is 15.1. The molecule has 0 radical (unpaired) electrons. The van der Waals surface area contributed by atoms with Gasteiger partial charge in [0.1, 0.15) is 11.9 Å². The molecule has 0 aliphatic carbocycles. The van der Waals surface area contributed by atoms with Gasteiger partial charge in [-0.05, 0) is 34.2 Å². The molecule has 0 aromatic heterocycles. The molecular weight excluding hydrogens is 340 g/mol. The van der Waals surface area contributed by atoms with Crippen LogP contribution >= 0.6 is 11.6 Å². The average molecular weight is 359 g/mol. The highest BCUT2D eigenvalue weighted by Crippen LogP contribution is 2.33. The summed E-state index contributed by atoms with van der Waals surface area (Å²) in [5, 5.41) is 2.25. The summed E-state index contributed by atoms with van der Waals surface area (Å²) in [6, 6.07) is 33.1. The van der Waals surface area contributed by atoms with Crippen LogP contribution in [0, 0.1) is 0 Å². The fraction of sp³-hybridized carbons (Fsp3) is 0.0833. The van der Waals surface area contributed by atoms with Crippen LogP contribution in [0.3, 0.4) is 0 Å². The van der Waals surface area contributed by atoms with Crippen LogP contribution < -0.4 is 4.74 Å². The maximum Gasteiger partial charge on any atom is 0.137 e. The van der Waals surface area contributed by atoms with E-state index in [0.717, 1.165) is 22.1 Å². The zero-order chi connectivity index (χ0) is 17.8. The van der Waals surface area contributed by atoms with Crippen LogP contribution in [0.2, 0.25) is 0 Å². The first kappa shape index (κ1) is 16.7. The van der Waals surface area contributed by atoms with Gasteiger partial charge in [0, 0.05) is 5.39 Å². The number of alkyl halides is 1. The van der Waals surface area contributed by atoms with Crippen molar-refractivity contribution in [1.29, 1.82) is 0 Å². The summed E-state index contributed by atoms with van der Waals surface area (Å²) in [7, 11) is 0. The van der Waals surface area contributed by atoms with Crippen LogP contribution in [0.4, 0.5) is 0 Å². The zero-order valence-electron chi connectivity index (χ0n) is 14.3. The first-order valence-electron chi connectivity index (χ1n) is 8.71. The number of rotatable bonds is 5. The lowest BCUT2D eigenvalue weighted by Gasteiger charge is -2.18. The second-order valence-corrected chi connectivity index (χ2v) is 6.54. The Balaban J connectivity index is 1.70. The second kappa shape index (κ2) is 7.63. The average Bonchev–Trinajstić information content (AvgIpc) is 2.73. The topological polar surface area (TPSA) is 9.23 Å². The van der Waals surface area contributed by atoms with E-state index >= 15 is 0 Å². The van der Waals surface area contributed by atoms with Crippen molar-refractivity contribution in [3.8, 4) is 16.9 Å². The van der Waals surface area contributed by atoms with Crippen LogP contribution in [0.1, 0.15) is 11.7 Å². The van der Waals surface area contributed by atoms with Gasteiger partial charge in [-0.2, -0.15) is 0 Å². The van der Waals surface area contributed by atoms with E-state index in [9.17, 15) is 0 Å². The summed E-state index contributed by atoms with van der Waals surface area (Å²) >= 11 is 6.18. The van der Waals surface area contributed by atoms with Gasteiger partial charge in [0.2, 0.25) is 0 Å². The van der Waals surface area contributed by atoms with Gasteiger partial charge in [0.25, 0.3) is 0 Å². The number of fused-ring (bicyclic) bond motifs is 1. The number of benzene rings is 4. The summed E-state index contributed by atoms with van der Waals surface area (Å²) in [6.07, 6.45) is -0.169. The third-order valence-corrected chi connectivity index (χ3v) is 4.81. The van der Waals surface area contributed by atoms with Crippen LogP contribution in [-0.2, 0) is 0 Å². The van der Waals surface area contributed by atoms with Crippen molar-refractivity contribution in [3.63, 3.8) is 0 Å². The van der Waals surface area contributed by atoms with Crippen molar-refractivity contribution >= 4 is 22.4 Å². The lowest BCUT2D eigenvalue weighted by Crippen LogP contribution is -2.09. The third kappa shape index (κ3) is 3.44. The van der Waals surface area contributed by atoms with Crippen molar-refractivity contribution in [2.45, 2.75) is 6.10 Å². The molecule has 128 valence electrons. The molecule has 0 N–H and O–H groups in total. The molecule has 0 saturated carbocycles. The Bertz CT molecular complexity index is 996. The van der Waals surface area contributed by atoms with Gasteiger partial charge >= 0.3 is 0 Å². The Morgan fingerprint density at radius 1 is 0.692 bits per heavy atom. The van der Waals surface area contributed by atoms with E-state index < -0.39 is 0 Å². The summed E-state index contributed by atoms with van der Waals surface area (Å²) < 4.78 is 6.28. The maximum atomic E-state index is 6.28. The molecule has 26 heavy (non-hydrogen) atoms. The first-order valence-corrected chi connectivity index (χ1v) is 9.24. The van der Waals surface area contributed by atoms with Crippen LogP contribution in [-0.4, -0.2) is 5.88 Å². The molecule has 0 bridgehead atoms. The summed E-state index contributed by atoms with van der Waals surface area (Å²) in [6.45, 7) is 0. The Kier molecular flexibility index (Phi) is 4.90. The van der Waals surface area contributed by atoms with Gasteiger partial charge in [0.05, 0.1) is 5.88 Å². The van der Waals surface area contributed by atoms with E-state index in [-0.39, 0.29) is 6.10 Å². The Hall–Kier alpha value is -2.77. The minimum Gasteiger partial charge on any atom is -0.484 e. The van der Waals surface area contributed by atoms with Gasteiger partial charge in [-0.15, -0.1) is 11.6 Å². The van der Waals surface area contributed by atoms with Crippen molar-refractivity contribution in [2.75, 3.05) is 5.88 Å². The highest BCUT2D eigenvalue weighted by molar-refractivity contribution is 6.18. The van der Waals surface area contributed by atoms with Gasteiger partial charge in [-0.3, -0.25) is 0 Å². The summed E-state index contributed by atoms with van der Waals surface area (Å²) in [4.78, 5) is 0. The van der Waals surface area contributed by atoms with E-state index in [2.05, 4.69) is 48.5 Å². The van der Waals surface area contributed by atoms with Gasteiger partial charge in [0.15, 0.2) is 0 Å². The van der Waals surface area contributed by atoms with E-state index in [1.807, 2.05) is 48.5 Å². The molecule has 0 saturated heterocycles. The Morgan fingerprint density at radius 2 is 1.42 bits per heavy atom. The number of hydrogen-bond acceptors (Lipinski definition) is 1. The fourth-order valence-corrected chi connectivity index (χ4v) is 3.42. The van der Waals surface area contributed by atoms with E-state index in [1.165, 1.54) is 11.1 Å². The lowest BCUT2D eigenvalue weighted by molar-refractivity contribution is 0.233. The molecule has 1 nitrogen and oxygen atoms in total. The highest BCUT2D eigenvalue weighted by atomic mass is 35.5. The minimum atomic E-state index is -0.169. The molecule has 4 rings (SSSR count). The highest BCUT2D eigenvalue weighted by Gasteiger charge is 2.13. The van der Waals surface area contributed by atoms with Gasteiger partial charge in [-0.1, -0.05) is 84.9 Å². The molecule has 0 amide bonds. The smallest absolute Gasteiger partial charge is 0.137 e. The van der Waals surface area contributed by atoms with E-state index in [0.29, 0.717) is 5.88 Å². The van der Waals surface area contributed by atoms with E-state index in [1.54, 1.807) is 0 Å². The molecule has 1 atom stereocenters. The number of halogens is 1. The molecule has 4 aromatic rings. The number of hydrogen-bond donors (Lipinski definition) is 0.